The Labute approximate surface area is 117 Å². The van der Waals surface area contributed by atoms with Gasteiger partial charge in [-0.1, -0.05) is 6.92 Å². The lowest BCUT2D eigenvalue weighted by molar-refractivity contribution is 0.810. The molecule has 0 aromatic carbocycles. The van der Waals surface area contributed by atoms with E-state index in [1.54, 1.807) is 0 Å². The number of aromatic nitrogens is 4. The Morgan fingerprint density at radius 3 is 2.58 bits per heavy atom. The summed E-state index contributed by atoms with van der Waals surface area (Å²) in [6.07, 6.45) is 5.51. The van der Waals surface area contributed by atoms with Crippen LogP contribution in [0, 0.1) is 6.92 Å². The predicted octanol–water partition coefficient (Wildman–Crippen LogP) is 2.72. The first-order chi connectivity index (χ1) is 9.21. The van der Waals surface area contributed by atoms with Crippen LogP contribution in [0.3, 0.4) is 0 Å². The van der Waals surface area contributed by atoms with E-state index in [1.807, 2.05) is 32.4 Å². The third-order valence-corrected chi connectivity index (χ3v) is 3.24. The van der Waals surface area contributed by atoms with Gasteiger partial charge in [-0.3, -0.25) is 0 Å². The lowest BCUT2D eigenvalue weighted by Gasteiger charge is -2.06. The van der Waals surface area contributed by atoms with Crippen molar-refractivity contribution in [1.82, 2.24) is 19.9 Å². The molecule has 1 N–H and O–H groups in total. The van der Waals surface area contributed by atoms with E-state index >= 15 is 0 Å². The van der Waals surface area contributed by atoms with Crippen LogP contribution < -0.4 is 5.32 Å². The fourth-order valence-electron chi connectivity index (χ4n) is 1.52. The summed E-state index contributed by atoms with van der Waals surface area (Å²) in [5.41, 5.74) is 1.05. The van der Waals surface area contributed by atoms with Crippen LogP contribution in [0.15, 0.2) is 28.6 Å². The van der Waals surface area contributed by atoms with Gasteiger partial charge in [0.05, 0.1) is 0 Å². The summed E-state index contributed by atoms with van der Waals surface area (Å²) in [5.74, 6) is 1.68. The molecule has 5 nitrogen and oxygen atoms in total. The van der Waals surface area contributed by atoms with Crippen molar-refractivity contribution in [1.29, 1.82) is 0 Å². The van der Waals surface area contributed by atoms with E-state index in [2.05, 4.69) is 32.2 Å². The third-order valence-electron chi connectivity index (χ3n) is 2.43. The van der Waals surface area contributed by atoms with Gasteiger partial charge in [0.1, 0.15) is 16.7 Å². The van der Waals surface area contributed by atoms with Crippen LogP contribution in [0.4, 0.5) is 5.82 Å². The minimum atomic E-state index is 0.703. The highest BCUT2D eigenvalue weighted by Crippen LogP contribution is 2.24. The zero-order valence-corrected chi connectivity index (χ0v) is 12.2. The van der Waals surface area contributed by atoms with Crippen LogP contribution in [0.5, 0.6) is 0 Å². The Morgan fingerprint density at radius 1 is 1.21 bits per heavy atom. The SMILES string of the molecule is CCCc1nc(NC)cc(Sc2ncc(C)cn2)n1. The van der Waals surface area contributed by atoms with E-state index in [0.29, 0.717) is 5.16 Å². The molecule has 0 bridgehead atoms. The topological polar surface area (TPSA) is 63.6 Å². The Hall–Kier alpha value is -1.69. The molecule has 100 valence electrons. The van der Waals surface area contributed by atoms with Gasteiger partial charge in [0.25, 0.3) is 0 Å². The second-order valence-electron chi connectivity index (χ2n) is 4.15. The Bertz CT molecular complexity index is 541. The zero-order valence-electron chi connectivity index (χ0n) is 11.3. The van der Waals surface area contributed by atoms with Crippen LogP contribution in [0.2, 0.25) is 0 Å². The predicted molar refractivity (Wildman–Crippen MR) is 76.5 cm³/mol. The molecule has 2 heterocycles. The minimum Gasteiger partial charge on any atom is -0.373 e. The summed E-state index contributed by atoms with van der Waals surface area (Å²) in [7, 11) is 1.86. The molecule has 0 amide bonds. The summed E-state index contributed by atoms with van der Waals surface area (Å²) in [6.45, 7) is 4.09. The maximum atomic E-state index is 4.52. The first-order valence-electron chi connectivity index (χ1n) is 6.23. The molecule has 19 heavy (non-hydrogen) atoms. The van der Waals surface area contributed by atoms with Gasteiger partial charge in [-0.2, -0.15) is 0 Å². The highest BCUT2D eigenvalue weighted by Gasteiger charge is 2.06. The van der Waals surface area contributed by atoms with Crippen LogP contribution >= 0.6 is 11.8 Å². The summed E-state index contributed by atoms with van der Waals surface area (Å²) in [5, 5.41) is 4.63. The molecule has 0 saturated heterocycles. The lowest BCUT2D eigenvalue weighted by Crippen LogP contribution is -2.01. The maximum absolute atomic E-state index is 4.52. The first-order valence-corrected chi connectivity index (χ1v) is 7.05. The standard InChI is InChI=1S/C13H17N5S/c1-4-5-10-17-11(14-3)6-12(18-10)19-13-15-7-9(2)8-16-13/h6-8H,4-5H2,1-3H3,(H,14,17,18). The van der Waals surface area contributed by atoms with Crippen molar-refractivity contribution in [2.75, 3.05) is 12.4 Å². The van der Waals surface area contributed by atoms with Crippen molar-refractivity contribution in [2.45, 2.75) is 36.9 Å². The minimum absolute atomic E-state index is 0.703. The fraction of sp³-hybridized carbons (Fsp3) is 0.385. The third kappa shape index (κ3) is 3.89. The number of anilines is 1. The summed E-state index contributed by atoms with van der Waals surface area (Å²) in [6, 6.07) is 1.91. The average molecular weight is 275 g/mol. The second kappa shape index (κ2) is 6.47. The van der Waals surface area contributed by atoms with Crippen LogP contribution in [0.1, 0.15) is 24.7 Å². The molecule has 2 aromatic rings. The molecule has 2 aromatic heterocycles. The van der Waals surface area contributed by atoms with Crippen molar-refractivity contribution < 1.29 is 0 Å². The van der Waals surface area contributed by atoms with Crippen molar-refractivity contribution in [3.05, 3.63) is 29.8 Å². The first kappa shape index (κ1) is 13.7. The molecule has 0 aliphatic rings. The van der Waals surface area contributed by atoms with Crippen molar-refractivity contribution in [2.24, 2.45) is 0 Å². The molecule has 0 radical (unpaired) electrons. The number of nitrogens with one attached hydrogen (secondary N) is 1. The van der Waals surface area contributed by atoms with Crippen LogP contribution in [-0.2, 0) is 6.42 Å². The maximum Gasteiger partial charge on any atom is 0.193 e. The molecule has 0 saturated carbocycles. The molecule has 6 heteroatoms. The van der Waals surface area contributed by atoms with E-state index in [4.69, 9.17) is 0 Å². The summed E-state index contributed by atoms with van der Waals surface area (Å²) >= 11 is 1.45. The van der Waals surface area contributed by atoms with Gasteiger partial charge in [-0.15, -0.1) is 0 Å². The molecule has 0 atom stereocenters. The van der Waals surface area contributed by atoms with Crippen molar-refractivity contribution in [3.63, 3.8) is 0 Å². The highest BCUT2D eigenvalue weighted by molar-refractivity contribution is 7.99. The Kier molecular flexibility index (Phi) is 4.68. The molecule has 0 aliphatic heterocycles. The largest absolute Gasteiger partial charge is 0.373 e. The van der Waals surface area contributed by atoms with Gasteiger partial charge in [0.2, 0.25) is 0 Å². The van der Waals surface area contributed by atoms with Crippen molar-refractivity contribution >= 4 is 17.6 Å². The van der Waals surface area contributed by atoms with E-state index in [0.717, 1.165) is 35.1 Å². The Balaban J connectivity index is 2.23. The molecule has 0 unspecified atom stereocenters. The van der Waals surface area contributed by atoms with Crippen molar-refractivity contribution in [3.8, 4) is 0 Å². The number of nitrogens with zero attached hydrogens (tertiary/aromatic N) is 4. The van der Waals surface area contributed by atoms with Gasteiger partial charge in [0, 0.05) is 31.9 Å². The second-order valence-corrected chi connectivity index (χ2v) is 5.14. The number of rotatable bonds is 5. The van der Waals surface area contributed by atoms with Gasteiger partial charge >= 0.3 is 0 Å². The Morgan fingerprint density at radius 2 is 1.95 bits per heavy atom. The monoisotopic (exact) mass is 275 g/mol. The lowest BCUT2D eigenvalue weighted by atomic mass is 10.3. The highest BCUT2D eigenvalue weighted by atomic mass is 32.2. The molecule has 0 fully saturated rings. The van der Waals surface area contributed by atoms with Gasteiger partial charge in [0.15, 0.2) is 5.16 Å². The summed E-state index contributed by atoms with van der Waals surface area (Å²) < 4.78 is 0. The van der Waals surface area contributed by atoms with Gasteiger partial charge in [-0.25, -0.2) is 19.9 Å². The molecule has 0 spiro atoms. The van der Waals surface area contributed by atoms with Crippen LogP contribution in [-0.4, -0.2) is 27.0 Å². The smallest absolute Gasteiger partial charge is 0.193 e. The molecule has 2 rings (SSSR count). The zero-order chi connectivity index (χ0) is 13.7. The molecular weight excluding hydrogens is 258 g/mol. The van der Waals surface area contributed by atoms with E-state index < -0.39 is 0 Å². The molecular formula is C13H17N5S. The van der Waals surface area contributed by atoms with E-state index in [-0.39, 0.29) is 0 Å². The number of aryl methyl sites for hydroxylation is 2. The van der Waals surface area contributed by atoms with Gasteiger partial charge < -0.3 is 5.32 Å². The fourth-order valence-corrected chi connectivity index (χ4v) is 2.23. The summed E-state index contributed by atoms with van der Waals surface area (Å²) in [4.78, 5) is 17.5. The number of hydrogen-bond donors (Lipinski definition) is 1. The van der Waals surface area contributed by atoms with E-state index in [9.17, 15) is 0 Å². The van der Waals surface area contributed by atoms with Gasteiger partial charge in [-0.05, 0) is 30.7 Å². The average Bonchev–Trinajstić information content (AvgIpc) is 2.41. The number of hydrogen-bond acceptors (Lipinski definition) is 6. The van der Waals surface area contributed by atoms with Crippen LogP contribution in [0.25, 0.3) is 0 Å². The van der Waals surface area contributed by atoms with E-state index in [1.165, 1.54) is 11.8 Å². The molecule has 0 aliphatic carbocycles. The normalized spacial score (nSPS) is 10.5. The quantitative estimate of drug-likeness (QED) is 0.668.